The van der Waals surface area contributed by atoms with Crippen LogP contribution in [0.25, 0.3) is 0 Å². The highest BCUT2D eigenvalue weighted by molar-refractivity contribution is 6.30. The molecule has 170 valence electrons. The summed E-state index contributed by atoms with van der Waals surface area (Å²) in [6.07, 6.45) is 2.05. The molecular weight excluding hydrogens is 432 g/mol. The van der Waals surface area contributed by atoms with Crippen LogP contribution >= 0.6 is 11.6 Å². The molecule has 3 aromatic carbocycles. The lowest BCUT2D eigenvalue weighted by Gasteiger charge is -2.39. The van der Waals surface area contributed by atoms with Gasteiger partial charge in [-0.2, -0.15) is 5.10 Å². The van der Waals surface area contributed by atoms with E-state index in [0.717, 1.165) is 38.3 Å². The fourth-order valence-electron chi connectivity index (χ4n) is 4.17. The summed E-state index contributed by atoms with van der Waals surface area (Å²) in [6, 6.07) is 28.9. The van der Waals surface area contributed by atoms with Crippen LogP contribution in [0.2, 0.25) is 5.02 Å². The molecule has 33 heavy (non-hydrogen) atoms. The van der Waals surface area contributed by atoms with Crippen LogP contribution < -0.4 is 5.43 Å². The number of nitrogens with zero attached hydrogens (tertiary/aromatic N) is 3. The molecule has 1 fully saturated rings. The minimum absolute atomic E-state index is 0.0749. The first-order valence-corrected chi connectivity index (χ1v) is 11.7. The molecule has 0 saturated carbocycles. The molecule has 1 saturated heterocycles. The van der Waals surface area contributed by atoms with E-state index in [0.29, 0.717) is 11.4 Å². The summed E-state index contributed by atoms with van der Waals surface area (Å²) in [5.74, 6) is -0.0749. The van der Waals surface area contributed by atoms with Crippen molar-refractivity contribution >= 4 is 23.7 Å². The van der Waals surface area contributed by atoms with Crippen molar-refractivity contribution in [2.75, 3.05) is 32.7 Å². The van der Waals surface area contributed by atoms with Crippen LogP contribution in [0.4, 0.5) is 0 Å². The van der Waals surface area contributed by atoms with Crippen molar-refractivity contribution in [3.8, 4) is 0 Å². The van der Waals surface area contributed by atoms with Crippen molar-refractivity contribution in [2.24, 2.45) is 5.10 Å². The minimum Gasteiger partial charge on any atom is -0.300 e. The number of hydrazone groups is 1. The Morgan fingerprint density at radius 3 is 2.03 bits per heavy atom. The molecule has 1 aliphatic heterocycles. The first-order chi connectivity index (χ1) is 16.2. The van der Waals surface area contributed by atoms with Crippen LogP contribution in [-0.4, -0.2) is 54.6 Å². The van der Waals surface area contributed by atoms with Gasteiger partial charge < -0.3 is 4.90 Å². The van der Waals surface area contributed by atoms with Gasteiger partial charge in [-0.25, -0.2) is 5.43 Å². The molecule has 0 aliphatic carbocycles. The van der Waals surface area contributed by atoms with E-state index in [1.807, 2.05) is 12.1 Å². The first kappa shape index (κ1) is 23.2. The van der Waals surface area contributed by atoms with Crippen LogP contribution in [0.1, 0.15) is 29.2 Å². The zero-order chi connectivity index (χ0) is 22.9. The summed E-state index contributed by atoms with van der Waals surface area (Å²) in [6.45, 7) is 4.54. The smallest absolute Gasteiger partial charge is 0.241 e. The number of rotatable bonds is 8. The van der Waals surface area contributed by atoms with Crippen LogP contribution in [0.15, 0.2) is 90.0 Å². The van der Waals surface area contributed by atoms with Crippen molar-refractivity contribution < 1.29 is 4.79 Å². The summed E-state index contributed by atoms with van der Waals surface area (Å²) < 4.78 is 0. The lowest BCUT2D eigenvalue weighted by molar-refractivity contribution is -0.121. The molecule has 0 aromatic heterocycles. The number of benzene rings is 3. The van der Waals surface area contributed by atoms with E-state index in [-0.39, 0.29) is 11.9 Å². The summed E-state index contributed by atoms with van der Waals surface area (Å²) in [4.78, 5) is 17.1. The number of piperazine rings is 1. The Balaban J connectivity index is 1.26. The highest BCUT2D eigenvalue weighted by Crippen LogP contribution is 2.29. The molecule has 0 spiro atoms. The predicted molar refractivity (Wildman–Crippen MR) is 135 cm³/mol. The van der Waals surface area contributed by atoms with Crippen molar-refractivity contribution in [2.45, 2.75) is 12.5 Å². The van der Waals surface area contributed by atoms with Crippen molar-refractivity contribution in [3.05, 3.63) is 107 Å². The number of carbonyl (C=O) groups excluding carboxylic acids is 1. The Hall–Kier alpha value is -2.99. The van der Waals surface area contributed by atoms with Gasteiger partial charge in [0.1, 0.15) is 0 Å². The normalized spacial score (nSPS) is 15.2. The second-order valence-corrected chi connectivity index (χ2v) is 8.63. The maximum atomic E-state index is 12.2. The monoisotopic (exact) mass is 460 g/mol. The Bertz CT molecular complexity index is 993. The van der Waals surface area contributed by atoms with Gasteiger partial charge in [-0.05, 0) is 28.8 Å². The molecule has 0 bridgehead atoms. The molecule has 4 rings (SSSR count). The second kappa shape index (κ2) is 11.8. The number of hydrogen-bond donors (Lipinski definition) is 1. The van der Waals surface area contributed by atoms with E-state index in [2.05, 4.69) is 81.0 Å². The summed E-state index contributed by atoms with van der Waals surface area (Å²) >= 11 is 5.88. The minimum atomic E-state index is -0.0749. The number of halogens is 1. The van der Waals surface area contributed by atoms with Crippen molar-refractivity contribution in [1.29, 1.82) is 0 Å². The third-order valence-electron chi connectivity index (χ3n) is 5.93. The molecule has 6 heteroatoms. The second-order valence-electron chi connectivity index (χ2n) is 8.20. The van der Waals surface area contributed by atoms with Crippen LogP contribution in [0, 0.1) is 0 Å². The van der Waals surface area contributed by atoms with Gasteiger partial charge in [0, 0.05) is 44.2 Å². The summed E-state index contributed by atoms with van der Waals surface area (Å²) in [5.41, 5.74) is 6.14. The maximum absolute atomic E-state index is 12.2. The van der Waals surface area contributed by atoms with E-state index >= 15 is 0 Å². The van der Waals surface area contributed by atoms with E-state index in [1.165, 1.54) is 11.1 Å². The molecule has 1 amide bonds. The fraction of sp³-hybridized carbons (Fsp3) is 0.259. The first-order valence-electron chi connectivity index (χ1n) is 11.3. The van der Waals surface area contributed by atoms with E-state index < -0.39 is 0 Å². The Kier molecular flexibility index (Phi) is 8.25. The van der Waals surface area contributed by atoms with Gasteiger partial charge in [-0.1, -0.05) is 84.4 Å². The fourth-order valence-corrected chi connectivity index (χ4v) is 4.30. The average Bonchev–Trinajstić information content (AvgIpc) is 2.86. The van der Waals surface area contributed by atoms with Gasteiger partial charge >= 0.3 is 0 Å². The number of nitrogens with one attached hydrogen (secondary N) is 1. The van der Waals surface area contributed by atoms with Gasteiger partial charge in [0.2, 0.25) is 5.91 Å². The van der Waals surface area contributed by atoms with Gasteiger partial charge in [0.25, 0.3) is 0 Å². The van der Waals surface area contributed by atoms with Gasteiger partial charge in [0.05, 0.1) is 12.3 Å². The Labute approximate surface area is 200 Å². The third-order valence-corrected chi connectivity index (χ3v) is 6.18. The van der Waals surface area contributed by atoms with Crippen LogP contribution in [0.5, 0.6) is 0 Å². The number of amides is 1. The lowest BCUT2D eigenvalue weighted by Crippen LogP contribution is -2.48. The molecule has 0 atom stereocenters. The third kappa shape index (κ3) is 6.75. The van der Waals surface area contributed by atoms with Gasteiger partial charge in [-0.15, -0.1) is 0 Å². The zero-order valence-electron chi connectivity index (χ0n) is 18.6. The zero-order valence-corrected chi connectivity index (χ0v) is 19.4. The highest BCUT2D eigenvalue weighted by Gasteiger charge is 2.26. The average molecular weight is 461 g/mol. The molecule has 1 heterocycles. The largest absolute Gasteiger partial charge is 0.300 e. The molecule has 1 aliphatic rings. The topological polar surface area (TPSA) is 47.9 Å². The molecule has 0 radical (unpaired) electrons. The van der Waals surface area contributed by atoms with Crippen LogP contribution in [0.3, 0.4) is 0 Å². The SMILES string of the molecule is O=C(CCN1CCN(C(c2ccccc2)c2ccccc2)CC1)NN=Cc1ccc(Cl)cc1. The quantitative estimate of drug-likeness (QED) is 0.395. The highest BCUT2D eigenvalue weighted by atomic mass is 35.5. The maximum Gasteiger partial charge on any atom is 0.241 e. The molecule has 5 nitrogen and oxygen atoms in total. The summed E-state index contributed by atoms with van der Waals surface area (Å²) in [7, 11) is 0. The number of carbonyl (C=O) groups is 1. The molecule has 1 N–H and O–H groups in total. The molecular formula is C27H29ClN4O. The summed E-state index contributed by atoms with van der Waals surface area (Å²) in [5, 5.41) is 4.72. The molecule has 0 unspecified atom stereocenters. The van der Waals surface area contributed by atoms with Crippen LogP contribution in [-0.2, 0) is 4.79 Å². The number of hydrogen-bond acceptors (Lipinski definition) is 4. The lowest BCUT2D eigenvalue weighted by atomic mass is 9.96. The van der Waals surface area contributed by atoms with E-state index in [1.54, 1.807) is 18.3 Å². The van der Waals surface area contributed by atoms with Crippen molar-refractivity contribution in [3.63, 3.8) is 0 Å². The van der Waals surface area contributed by atoms with E-state index in [4.69, 9.17) is 11.6 Å². The van der Waals surface area contributed by atoms with Gasteiger partial charge in [-0.3, -0.25) is 9.69 Å². The van der Waals surface area contributed by atoms with E-state index in [9.17, 15) is 4.79 Å². The Morgan fingerprint density at radius 1 is 0.879 bits per heavy atom. The molecule has 3 aromatic rings. The Morgan fingerprint density at radius 2 is 1.45 bits per heavy atom. The standard InChI is InChI=1S/C27H29ClN4O/c28-25-13-11-22(12-14-25)21-29-30-26(33)15-16-31-17-19-32(20-18-31)27(23-7-3-1-4-8-23)24-9-5-2-6-10-24/h1-14,21,27H,15-20H2,(H,30,33). The predicted octanol–water partition coefficient (Wildman–Crippen LogP) is 4.59. The van der Waals surface area contributed by atoms with Crippen molar-refractivity contribution in [1.82, 2.24) is 15.2 Å². The van der Waals surface area contributed by atoms with Gasteiger partial charge in [0.15, 0.2) is 0 Å².